The van der Waals surface area contributed by atoms with Crippen molar-refractivity contribution in [3.05, 3.63) is 15.6 Å². The van der Waals surface area contributed by atoms with Gasteiger partial charge in [0.05, 0.1) is 18.6 Å². The van der Waals surface area contributed by atoms with Gasteiger partial charge in [0.2, 0.25) is 0 Å². The Morgan fingerprint density at radius 1 is 1.33 bits per heavy atom. The molecule has 138 valence electrons. The van der Waals surface area contributed by atoms with Crippen molar-refractivity contribution in [2.75, 3.05) is 14.2 Å². The molecule has 0 saturated heterocycles. The summed E-state index contributed by atoms with van der Waals surface area (Å²) < 4.78 is 41.3. The first kappa shape index (κ1) is 22.3. The minimum absolute atomic E-state index is 0.0778. The van der Waals surface area contributed by atoms with Crippen molar-refractivity contribution in [1.82, 2.24) is 4.98 Å². The molecule has 0 aromatic carbocycles. The zero-order valence-electron chi connectivity index (χ0n) is 13.6. The van der Waals surface area contributed by atoms with Gasteiger partial charge in [-0.3, -0.25) is 0 Å². The quantitative estimate of drug-likeness (QED) is 0.744. The lowest BCUT2D eigenvalue weighted by Crippen LogP contribution is -2.55. The van der Waals surface area contributed by atoms with Crippen LogP contribution in [0.1, 0.15) is 40.3 Å². The number of rotatable bonds is 5. The lowest BCUT2D eigenvalue weighted by atomic mass is 10.1. The summed E-state index contributed by atoms with van der Waals surface area (Å²) >= 11 is 1.46. The minimum atomic E-state index is -5.19. The molecule has 0 unspecified atom stereocenters. The van der Waals surface area contributed by atoms with Crippen molar-refractivity contribution < 1.29 is 43.1 Å². The van der Waals surface area contributed by atoms with Gasteiger partial charge in [-0.1, -0.05) is 13.8 Å². The van der Waals surface area contributed by atoms with Gasteiger partial charge in [-0.25, -0.2) is 9.78 Å². The Morgan fingerprint density at radius 2 is 1.83 bits per heavy atom. The number of hydrogen-bond donors (Lipinski definition) is 1. The van der Waals surface area contributed by atoms with Gasteiger partial charge in [-0.05, 0) is 0 Å². The monoisotopic (exact) mass is 372 g/mol. The highest BCUT2D eigenvalue weighted by atomic mass is 32.1. The molecule has 0 spiro atoms. The molecule has 0 aliphatic rings. The molecule has 1 aromatic heterocycles. The number of nitrogens with zero attached hydrogens (tertiary/aromatic N) is 1. The van der Waals surface area contributed by atoms with Gasteiger partial charge in [0.1, 0.15) is 12.0 Å². The zero-order chi connectivity index (χ0) is 19.1. The molecule has 0 radical (unpaired) electrons. The second-order valence-electron chi connectivity index (χ2n) is 4.88. The van der Waals surface area contributed by atoms with E-state index in [1.54, 1.807) is 7.11 Å². The van der Waals surface area contributed by atoms with Crippen LogP contribution in [-0.4, -0.2) is 37.3 Å². The smallest absolute Gasteiger partial charge is 0.430 e. The summed E-state index contributed by atoms with van der Waals surface area (Å²) in [6.07, 6.45) is -5.19. The number of quaternary nitrogens is 1. The first-order valence-corrected chi connectivity index (χ1v) is 7.45. The van der Waals surface area contributed by atoms with Crippen molar-refractivity contribution in [2.24, 2.45) is 5.92 Å². The maximum atomic E-state index is 11.6. The number of hydrogen-bond acceptors (Lipinski definition) is 7. The van der Waals surface area contributed by atoms with E-state index < -0.39 is 18.1 Å². The maximum absolute atomic E-state index is 11.6. The molecule has 1 atom stereocenters. The Hall–Kier alpha value is -1.72. The van der Waals surface area contributed by atoms with Crippen LogP contribution in [0.4, 0.5) is 13.2 Å². The first-order valence-electron chi connectivity index (χ1n) is 6.63. The predicted molar refractivity (Wildman–Crippen MR) is 75.7 cm³/mol. The van der Waals surface area contributed by atoms with E-state index in [-0.39, 0.29) is 6.04 Å². The molecular weight excluding hydrogens is 353 g/mol. The van der Waals surface area contributed by atoms with E-state index >= 15 is 0 Å². The SMILES string of the molecule is COCc1sc([C@@H]([NH3+])C(C)C)nc1C(=O)OC.O=C([O-])C(F)(F)F. The summed E-state index contributed by atoms with van der Waals surface area (Å²) in [5.74, 6) is -3.05. The second kappa shape index (κ2) is 9.55. The average molecular weight is 372 g/mol. The van der Waals surface area contributed by atoms with Crippen molar-refractivity contribution in [2.45, 2.75) is 32.7 Å². The molecule has 3 N–H and O–H groups in total. The van der Waals surface area contributed by atoms with Crippen LogP contribution < -0.4 is 10.8 Å². The summed E-state index contributed by atoms with van der Waals surface area (Å²) in [7, 11) is 2.94. The van der Waals surface area contributed by atoms with E-state index in [4.69, 9.17) is 19.4 Å². The predicted octanol–water partition coefficient (Wildman–Crippen LogP) is 0.314. The van der Waals surface area contributed by atoms with Crippen LogP contribution in [0.15, 0.2) is 0 Å². The molecule has 1 heterocycles. The van der Waals surface area contributed by atoms with Crippen LogP contribution in [0, 0.1) is 5.92 Å². The van der Waals surface area contributed by atoms with Crippen LogP contribution in [0.2, 0.25) is 0 Å². The fourth-order valence-corrected chi connectivity index (χ4v) is 2.51. The van der Waals surface area contributed by atoms with Gasteiger partial charge in [-0.15, -0.1) is 11.3 Å². The van der Waals surface area contributed by atoms with Crippen molar-refractivity contribution in [3.63, 3.8) is 0 Å². The lowest BCUT2D eigenvalue weighted by molar-refractivity contribution is -0.437. The number of methoxy groups -OCH3 is 2. The Balaban J connectivity index is 0.000000640. The third kappa shape index (κ3) is 6.81. The molecule has 0 aliphatic carbocycles. The highest BCUT2D eigenvalue weighted by Gasteiger charge is 2.28. The Labute approximate surface area is 140 Å². The fourth-order valence-electron chi connectivity index (χ4n) is 1.30. The Kier molecular flexibility index (Phi) is 8.86. The van der Waals surface area contributed by atoms with Crippen LogP contribution in [0.25, 0.3) is 0 Å². The summed E-state index contributed by atoms with van der Waals surface area (Å²) in [6, 6.07) is 0.0778. The third-order valence-corrected chi connectivity index (χ3v) is 3.88. The molecule has 0 aliphatic heterocycles. The third-order valence-electron chi connectivity index (χ3n) is 2.72. The normalized spacial score (nSPS) is 12.4. The van der Waals surface area contributed by atoms with Crippen molar-refractivity contribution in [3.8, 4) is 0 Å². The van der Waals surface area contributed by atoms with E-state index in [0.29, 0.717) is 18.2 Å². The largest absolute Gasteiger partial charge is 0.542 e. The van der Waals surface area contributed by atoms with E-state index in [2.05, 4.69) is 24.6 Å². The Morgan fingerprint density at radius 3 is 2.17 bits per heavy atom. The number of carbonyl (C=O) groups excluding carboxylic acids is 2. The standard InChI is InChI=1S/C11H18N2O3S.C2HF3O2/c1-6(2)8(12)10-13-9(11(14)16-4)7(17-10)5-15-3;3-2(4,5)1(6)7/h6,8H,5,12H2,1-4H3;(H,6,7)/t8-;/m0./s1. The van der Waals surface area contributed by atoms with Crippen molar-refractivity contribution >= 4 is 23.3 Å². The number of alkyl halides is 3. The van der Waals surface area contributed by atoms with Crippen LogP contribution >= 0.6 is 11.3 Å². The molecule has 0 bridgehead atoms. The molecule has 24 heavy (non-hydrogen) atoms. The van der Waals surface area contributed by atoms with E-state index in [1.807, 2.05) is 0 Å². The molecule has 0 fully saturated rings. The number of carboxylic acids is 1. The van der Waals surface area contributed by atoms with Crippen LogP contribution in [0.3, 0.4) is 0 Å². The number of thiazole rings is 1. The topological polar surface area (TPSA) is 116 Å². The van der Waals surface area contributed by atoms with E-state index in [1.165, 1.54) is 18.4 Å². The van der Waals surface area contributed by atoms with Gasteiger partial charge >= 0.3 is 12.1 Å². The van der Waals surface area contributed by atoms with E-state index in [0.717, 1.165) is 9.88 Å². The van der Waals surface area contributed by atoms with E-state index in [9.17, 15) is 18.0 Å². The lowest BCUT2D eigenvalue weighted by Gasteiger charge is -2.07. The molecule has 7 nitrogen and oxygen atoms in total. The van der Waals surface area contributed by atoms with Crippen LogP contribution in [0.5, 0.6) is 0 Å². The number of aliphatic carboxylic acids is 1. The zero-order valence-corrected chi connectivity index (χ0v) is 14.4. The number of ether oxygens (including phenoxy) is 2. The summed E-state index contributed by atoms with van der Waals surface area (Å²) in [6.45, 7) is 4.52. The number of carbonyl (C=O) groups is 2. The minimum Gasteiger partial charge on any atom is -0.542 e. The Bertz CT molecular complexity index is 560. The van der Waals surface area contributed by atoms with Gasteiger partial charge in [0.15, 0.2) is 10.7 Å². The van der Waals surface area contributed by atoms with Crippen LogP contribution in [-0.2, 0) is 20.9 Å². The number of aromatic nitrogens is 1. The summed E-state index contributed by atoms with van der Waals surface area (Å²) in [5, 5.41) is 9.64. The van der Waals surface area contributed by atoms with Gasteiger partial charge in [-0.2, -0.15) is 13.2 Å². The fraction of sp³-hybridized carbons (Fsp3) is 0.615. The molecule has 11 heteroatoms. The molecule has 1 rings (SSSR count). The number of halogens is 3. The molecule has 0 amide bonds. The molecule has 1 aromatic rings. The maximum Gasteiger partial charge on any atom is 0.430 e. The number of carboxylic acid groups (broad SMARTS) is 1. The average Bonchev–Trinajstić information content (AvgIpc) is 2.89. The second-order valence-corrected chi connectivity index (χ2v) is 6.00. The summed E-state index contributed by atoms with van der Waals surface area (Å²) in [4.78, 5) is 25.5. The highest BCUT2D eigenvalue weighted by molar-refractivity contribution is 7.12. The van der Waals surface area contributed by atoms with Gasteiger partial charge in [0.25, 0.3) is 0 Å². The molecule has 0 saturated carbocycles. The van der Waals surface area contributed by atoms with Gasteiger partial charge < -0.3 is 25.1 Å². The van der Waals surface area contributed by atoms with Crippen molar-refractivity contribution in [1.29, 1.82) is 0 Å². The first-order chi connectivity index (χ1) is 10.9. The summed E-state index contributed by atoms with van der Waals surface area (Å²) in [5.41, 5.74) is 4.41. The highest BCUT2D eigenvalue weighted by Crippen LogP contribution is 2.26. The molecular formula is C13H19F3N2O5S. The van der Waals surface area contributed by atoms with Gasteiger partial charge in [0, 0.05) is 13.0 Å². The number of esters is 1.